The molecule has 21 heavy (non-hydrogen) atoms. The number of benzene rings is 2. The summed E-state index contributed by atoms with van der Waals surface area (Å²) in [6.45, 7) is 0.318. The van der Waals surface area contributed by atoms with Crippen LogP contribution in [0.2, 0.25) is 5.02 Å². The highest BCUT2D eigenvalue weighted by molar-refractivity contribution is 6.30. The Kier molecular flexibility index (Phi) is 4.08. The molecule has 1 aliphatic rings. The Balaban J connectivity index is 1.51. The molecule has 0 fully saturated rings. The van der Waals surface area contributed by atoms with Crippen molar-refractivity contribution in [1.29, 1.82) is 0 Å². The Morgan fingerprint density at radius 2 is 2.10 bits per heavy atom. The highest BCUT2D eigenvalue weighted by Crippen LogP contribution is 2.31. The number of ether oxygens (including phenoxy) is 1. The van der Waals surface area contributed by atoms with Gasteiger partial charge in [0.25, 0.3) is 5.91 Å². The summed E-state index contributed by atoms with van der Waals surface area (Å²) in [7, 11) is 0. The van der Waals surface area contributed by atoms with E-state index >= 15 is 0 Å². The molecule has 0 saturated heterocycles. The molecule has 0 spiro atoms. The number of amides is 1. The maximum atomic E-state index is 12.0. The van der Waals surface area contributed by atoms with Crippen LogP contribution in [0.1, 0.15) is 11.1 Å². The molecule has 1 unspecified atom stereocenters. The summed E-state index contributed by atoms with van der Waals surface area (Å²) in [6.07, 6.45) is -0.0783. The number of hydroxylamine groups is 1. The van der Waals surface area contributed by atoms with Crippen molar-refractivity contribution in [2.24, 2.45) is 0 Å². The third-order valence-corrected chi connectivity index (χ3v) is 3.48. The van der Waals surface area contributed by atoms with Gasteiger partial charge < -0.3 is 4.74 Å². The van der Waals surface area contributed by atoms with E-state index < -0.39 is 6.10 Å². The first-order valence-electron chi connectivity index (χ1n) is 6.63. The van der Waals surface area contributed by atoms with Gasteiger partial charge in [0.2, 0.25) is 0 Å². The number of hydrogen-bond donors (Lipinski definition) is 1. The normalized spacial score (nSPS) is 16.1. The van der Waals surface area contributed by atoms with Crippen LogP contribution in [-0.4, -0.2) is 12.0 Å². The Hall–Kier alpha value is -2.04. The van der Waals surface area contributed by atoms with Gasteiger partial charge in [-0.25, -0.2) is 5.48 Å². The molecule has 0 bridgehead atoms. The van der Waals surface area contributed by atoms with Gasteiger partial charge in [-0.3, -0.25) is 9.63 Å². The molecule has 1 atom stereocenters. The lowest BCUT2D eigenvalue weighted by molar-refractivity contribution is -0.141. The van der Waals surface area contributed by atoms with Crippen LogP contribution in [0.4, 0.5) is 0 Å². The van der Waals surface area contributed by atoms with Gasteiger partial charge >= 0.3 is 0 Å². The van der Waals surface area contributed by atoms with Crippen molar-refractivity contribution in [2.45, 2.75) is 19.1 Å². The summed E-state index contributed by atoms with van der Waals surface area (Å²) in [5, 5.41) is 0.638. The van der Waals surface area contributed by atoms with Crippen molar-refractivity contribution in [1.82, 2.24) is 5.48 Å². The second kappa shape index (κ2) is 6.16. The summed E-state index contributed by atoms with van der Waals surface area (Å²) < 4.78 is 5.58. The van der Waals surface area contributed by atoms with Crippen molar-refractivity contribution in [3.63, 3.8) is 0 Å². The second-order valence-corrected chi connectivity index (χ2v) is 5.24. The van der Waals surface area contributed by atoms with E-state index in [2.05, 4.69) is 5.48 Å². The third-order valence-electron chi connectivity index (χ3n) is 3.24. The molecule has 0 saturated carbocycles. The Labute approximate surface area is 127 Å². The molecule has 108 valence electrons. The van der Waals surface area contributed by atoms with E-state index in [1.165, 1.54) is 0 Å². The molecule has 3 rings (SSSR count). The monoisotopic (exact) mass is 303 g/mol. The van der Waals surface area contributed by atoms with Crippen molar-refractivity contribution in [3.05, 3.63) is 64.7 Å². The predicted octanol–water partition coefficient (Wildman–Crippen LogP) is 2.89. The number of halogens is 1. The topological polar surface area (TPSA) is 47.6 Å². The number of fused-ring (bicyclic) bond motifs is 1. The van der Waals surface area contributed by atoms with Gasteiger partial charge in [0.1, 0.15) is 5.75 Å². The first-order valence-corrected chi connectivity index (χ1v) is 7.01. The van der Waals surface area contributed by atoms with Crippen LogP contribution in [0.15, 0.2) is 48.5 Å². The molecule has 2 aromatic carbocycles. The highest BCUT2D eigenvalue weighted by Gasteiger charge is 2.29. The molecule has 5 heteroatoms. The van der Waals surface area contributed by atoms with E-state index in [1.807, 2.05) is 36.4 Å². The first kappa shape index (κ1) is 13.9. The maximum absolute atomic E-state index is 12.0. The fraction of sp³-hybridized carbons (Fsp3) is 0.188. The van der Waals surface area contributed by atoms with Crippen molar-refractivity contribution >= 4 is 17.5 Å². The molecular weight excluding hydrogens is 290 g/mol. The van der Waals surface area contributed by atoms with E-state index in [0.29, 0.717) is 23.8 Å². The number of hydrogen-bond acceptors (Lipinski definition) is 3. The first-order chi connectivity index (χ1) is 10.2. The fourth-order valence-corrected chi connectivity index (χ4v) is 2.39. The minimum atomic E-state index is -0.575. The molecule has 1 amide bonds. The molecule has 4 nitrogen and oxygen atoms in total. The predicted molar refractivity (Wildman–Crippen MR) is 78.9 cm³/mol. The molecule has 1 heterocycles. The molecular formula is C16H14ClNO3. The summed E-state index contributed by atoms with van der Waals surface area (Å²) >= 11 is 5.92. The molecule has 0 aromatic heterocycles. The lowest BCUT2D eigenvalue weighted by atomic mass is 10.1. The third kappa shape index (κ3) is 3.35. The largest absolute Gasteiger partial charge is 0.480 e. The van der Waals surface area contributed by atoms with Crippen LogP contribution in [0.5, 0.6) is 5.75 Å². The maximum Gasteiger partial charge on any atom is 0.284 e. The van der Waals surface area contributed by atoms with Gasteiger partial charge in [0, 0.05) is 11.4 Å². The summed E-state index contributed by atoms with van der Waals surface area (Å²) in [4.78, 5) is 17.2. The molecule has 2 aromatic rings. The molecule has 1 N–H and O–H groups in total. The average molecular weight is 304 g/mol. The van der Waals surface area contributed by atoms with Crippen LogP contribution < -0.4 is 10.2 Å². The van der Waals surface area contributed by atoms with Crippen LogP contribution >= 0.6 is 11.6 Å². The smallest absolute Gasteiger partial charge is 0.284 e. The number of nitrogens with one attached hydrogen (secondary N) is 1. The molecule has 0 radical (unpaired) electrons. The van der Waals surface area contributed by atoms with E-state index in [0.717, 1.165) is 11.1 Å². The van der Waals surface area contributed by atoms with Crippen molar-refractivity contribution < 1.29 is 14.4 Å². The minimum Gasteiger partial charge on any atom is -0.480 e. The van der Waals surface area contributed by atoms with Gasteiger partial charge in [-0.1, -0.05) is 41.9 Å². The highest BCUT2D eigenvalue weighted by atomic mass is 35.5. The van der Waals surface area contributed by atoms with E-state index in [4.69, 9.17) is 21.2 Å². The zero-order valence-corrected chi connectivity index (χ0v) is 12.0. The van der Waals surface area contributed by atoms with Crippen LogP contribution in [0.3, 0.4) is 0 Å². The standard InChI is InChI=1S/C16H14ClNO3/c17-13-6-7-14-12(8-13)9-15(21-14)16(19)18-20-10-11-4-2-1-3-5-11/h1-8,15H,9-10H2,(H,18,19). The summed E-state index contributed by atoms with van der Waals surface area (Å²) in [5.74, 6) is 0.404. The Morgan fingerprint density at radius 3 is 2.90 bits per heavy atom. The van der Waals surface area contributed by atoms with Gasteiger partial charge in [0.05, 0.1) is 6.61 Å². The lowest BCUT2D eigenvalue weighted by Gasteiger charge is -2.11. The molecule has 1 aliphatic heterocycles. The second-order valence-electron chi connectivity index (χ2n) is 4.80. The van der Waals surface area contributed by atoms with Gasteiger partial charge in [-0.2, -0.15) is 0 Å². The Morgan fingerprint density at radius 1 is 1.29 bits per heavy atom. The summed E-state index contributed by atoms with van der Waals surface area (Å²) in [5.41, 5.74) is 4.35. The van der Waals surface area contributed by atoms with Gasteiger partial charge in [0.15, 0.2) is 6.10 Å². The zero-order chi connectivity index (χ0) is 14.7. The van der Waals surface area contributed by atoms with Gasteiger partial charge in [-0.05, 0) is 29.3 Å². The van der Waals surface area contributed by atoms with Crippen LogP contribution in [0.25, 0.3) is 0 Å². The zero-order valence-electron chi connectivity index (χ0n) is 11.2. The number of carbonyl (C=O) groups excluding carboxylic acids is 1. The van der Waals surface area contributed by atoms with Crippen LogP contribution in [0, 0.1) is 0 Å². The fourth-order valence-electron chi connectivity index (χ4n) is 2.19. The lowest BCUT2D eigenvalue weighted by Crippen LogP contribution is -2.37. The van der Waals surface area contributed by atoms with E-state index in [9.17, 15) is 4.79 Å². The SMILES string of the molecule is O=C(NOCc1ccccc1)C1Cc2cc(Cl)ccc2O1. The van der Waals surface area contributed by atoms with E-state index in [1.54, 1.807) is 12.1 Å². The van der Waals surface area contributed by atoms with E-state index in [-0.39, 0.29) is 5.91 Å². The molecule has 0 aliphatic carbocycles. The summed E-state index contributed by atoms with van der Waals surface area (Å²) in [6, 6.07) is 14.9. The number of rotatable bonds is 4. The van der Waals surface area contributed by atoms with Crippen molar-refractivity contribution in [3.8, 4) is 5.75 Å². The average Bonchev–Trinajstić information content (AvgIpc) is 2.91. The Bertz CT molecular complexity index is 645. The minimum absolute atomic E-state index is 0.293. The van der Waals surface area contributed by atoms with Crippen molar-refractivity contribution in [2.75, 3.05) is 0 Å². The van der Waals surface area contributed by atoms with Crippen LogP contribution in [-0.2, 0) is 22.7 Å². The quantitative estimate of drug-likeness (QED) is 0.884. The van der Waals surface area contributed by atoms with Gasteiger partial charge in [-0.15, -0.1) is 0 Å². The number of carbonyl (C=O) groups is 1.